The number of hydrogen-bond donors (Lipinski definition) is 0. The van der Waals surface area contributed by atoms with Crippen LogP contribution in [0.4, 0.5) is 0 Å². The summed E-state index contributed by atoms with van der Waals surface area (Å²) in [6, 6.07) is 46.4. The second-order valence-electron chi connectivity index (χ2n) is 7.60. The first-order chi connectivity index (χ1) is 16.1. The molecule has 0 atom stereocenters. The molecule has 0 aliphatic rings. The molecular weight excluding hydrogens is 526 g/mol. The predicted octanol–water partition coefficient (Wildman–Crippen LogP) is 4.79. The molecule has 0 aliphatic heterocycles. The van der Waals surface area contributed by atoms with Gasteiger partial charge in [0.2, 0.25) is 0 Å². The first-order valence-electron chi connectivity index (χ1n) is 10.6. The maximum absolute atomic E-state index is 6.81. The summed E-state index contributed by atoms with van der Waals surface area (Å²) < 4.78 is 6.81. The molecule has 1 nitrogen and oxygen atoms in total. The van der Waals surface area contributed by atoms with Crippen LogP contribution in [0.25, 0.3) is 0 Å². The Morgan fingerprint density at radius 2 is 0.606 bits per heavy atom. The Bertz CT molecular complexity index is 1250. The van der Waals surface area contributed by atoms with E-state index in [0.717, 1.165) is 11.0 Å². The molecule has 5 heteroatoms. The summed E-state index contributed by atoms with van der Waals surface area (Å²) in [7, 11) is 0. The Hall–Kier alpha value is -1.94. The fourth-order valence-corrected chi connectivity index (χ4v) is 11.7. The van der Waals surface area contributed by atoms with E-state index in [-0.39, 0.29) is 0 Å². The molecule has 0 unspecified atom stereocenters. The van der Waals surface area contributed by atoms with Crippen LogP contribution in [0.5, 0.6) is 0 Å². The molecule has 4 aromatic carbocycles. The first-order valence-corrected chi connectivity index (χ1v) is 16.9. The molecule has 0 saturated carbocycles. The Morgan fingerprint density at radius 1 is 0.364 bits per heavy atom. The molecule has 1 aromatic heterocycles. The zero-order valence-electron chi connectivity index (χ0n) is 17.7. The zero-order valence-corrected chi connectivity index (χ0v) is 21.7. The molecule has 0 spiro atoms. The van der Waals surface area contributed by atoms with Crippen LogP contribution in [0.2, 0.25) is 0 Å². The molecule has 0 fully saturated rings. The third-order valence-electron chi connectivity index (χ3n) is 5.60. The van der Waals surface area contributed by atoms with Crippen molar-refractivity contribution in [2.45, 2.75) is 0 Å². The second kappa shape index (κ2) is 9.74. The molecule has 0 bridgehead atoms. The fraction of sp³-hybridized carbons (Fsp3) is 0. The topological polar surface area (TPSA) is 13.1 Å². The van der Waals surface area contributed by atoms with Crippen LogP contribution >= 0.6 is 11.0 Å². The molecule has 33 heavy (non-hydrogen) atoms. The second-order valence-corrected chi connectivity index (χ2v) is 17.3. The van der Waals surface area contributed by atoms with Gasteiger partial charge >= 0.3 is 211 Å². The molecule has 0 saturated heterocycles. The van der Waals surface area contributed by atoms with Gasteiger partial charge in [-0.25, -0.2) is 0 Å². The van der Waals surface area contributed by atoms with Crippen molar-refractivity contribution in [1.29, 1.82) is 0 Å². The van der Waals surface area contributed by atoms with Gasteiger partial charge in [0, 0.05) is 0 Å². The van der Waals surface area contributed by atoms with E-state index in [4.69, 9.17) is 34.6 Å². The van der Waals surface area contributed by atoms with Crippen LogP contribution in [-0.4, -0.2) is 0 Å². The van der Waals surface area contributed by atoms with Crippen molar-refractivity contribution in [3.05, 3.63) is 133 Å². The quantitative estimate of drug-likeness (QED) is 0.220. The van der Waals surface area contributed by atoms with E-state index in [1.807, 2.05) is 24.3 Å². The molecule has 0 amide bonds. The monoisotopic (exact) mass is 548 g/mol. The standard InChI is InChI=1S/C28H22OP2.2Fe/c1-5-13-23(14-6-1)30(24-15-7-2-8-16-24)27-21-22-28(29-27)31(25-17-9-3-10-18-25)26-19-11-4-12-20-26;;/h1-22H;;. The van der Waals surface area contributed by atoms with Crippen LogP contribution in [0.1, 0.15) is 0 Å². The van der Waals surface area contributed by atoms with Crippen LogP contribution in [0, 0.1) is 0 Å². The van der Waals surface area contributed by atoms with Gasteiger partial charge < -0.3 is 0 Å². The SMILES string of the molecule is [Fe]=[P](c1ccccc1)(c1ccccc1)c1ccc([P](=[Fe])(c2ccccc2)c2ccccc2)o1. The first kappa shape index (κ1) is 22.8. The third kappa shape index (κ3) is 4.20. The average Bonchev–Trinajstić information content (AvgIpc) is 3.41. The predicted molar refractivity (Wildman–Crippen MR) is 136 cm³/mol. The van der Waals surface area contributed by atoms with E-state index < -0.39 is 11.0 Å². The normalized spacial score (nSPS) is 11.9. The van der Waals surface area contributed by atoms with Crippen molar-refractivity contribution in [2.75, 3.05) is 0 Å². The summed E-state index contributed by atoms with van der Waals surface area (Å²) in [6.07, 6.45) is 0. The van der Waals surface area contributed by atoms with Crippen molar-refractivity contribution in [1.82, 2.24) is 0 Å². The molecule has 5 aromatic rings. The van der Waals surface area contributed by atoms with Gasteiger partial charge in [0.05, 0.1) is 0 Å². The van der Waals surface area contributed by atoms with Crippen molar-refractivity contribution < 1.29 is 34.6 Å². The summed E-state index contributed by atoms with van der Waals surface area (Å²) in [4.78, 5) is 0. The van der Waals surface area contributed by atoms with Crippen LogP contribution in [0.15, 0.2) is 138 Å². The molecule has 5 rings (SSSR count). The van der Waals surface area contributed by atoms with Gasteiger partial charge in [-0.05, 0) is 0 Å². The summed E-state index contributed by atoms with van der Waals surface area (Å²) in [5.74, 6) is 0. The summed E-state index contributed by atoms with van der Waals surface area (Å²) in [6.45, 7) is 0. The van der Waals surface area contributed by atoms with Gasteiger partial charge in [0.25, 0.3) is 0 Å². The van der Waals surface area contributed by atoms with E-state index in [0.29, 0.717) is 0 Å². The van der Waals surface area contributed by atoms with Crippen molar-refractivity contribution in [2.24, 2.45) is 0 Å². The van der Waals surface area contributed by atoms with E-state index in [2.05, 4.69) is 109 Å². The minimum absolute atomic E-state index is 0.926. The van der Waals surface area contributed by atoms with Crippen molar-refractivity contribution in [3.8, 4) is 0 Å². The van der Waals surface area contributed by atoms with E-state index in [1.165, 1.54) is 21.2 Å². The summed E-state index contributed by atoms with van der Waals surface area (Å²) in [5, 5.41) is 4.79. The Kier molecular flexibility index (Phi) is 6.74. The van der Waals surface area contributed by atoms with Crippen molar-refractivity contribution >= 4 is 43.2 Å². The summed E-state index contributed by atoms with van der Waals surface area (Å²) in [5.41, 5.74) is -2.52. The Balaban J connectivity index is 1.72. The average molecular weight is 548 g/mol. The minimum atomic E-state index is -2.18. The third-order valence-corrected chi connectivity index (χ3v) is 16.1. The number of benzene rings is 4. The number of hydrogen-bond acceptors (Lipinski definition) is 1. The van der Waals surface area contributed by atoms with E-state index >= 15 is 0 Å². The number of rotatable bonds is 6. The Morgan fingerprint density at radius 3 is 0.848 bits per heavy atom. The van der Waals surface area contributed by atoms with Gasteiger partial charge in [-0.3, -0.25) is 0 Å². The number of furan rings is 1. The van der Waals surface area contributed by atoms with E-state index in [9.17, 15) is 0 Å². The molecule has 1 heterocycles. The maximum atomic E-state index is 6.81. The molecule has 0 N–H and O–H groups in total. The van der Waals surface area contributed by atoms with Crippen LogP contribution in [0.3, 0.4) is 0 Å². The van der Waals surface area contributed by atoms with Gasteiger partial charge in [-0.2, -0.15) is 0 Å². The fourth-order valence-electron chi connectivity index (χ4n) is 3.97. The van der Waals surface area contributed by atoms with Gasteiger partial charge in [-0.1, -0.05) is 0 Å². The van der Waals surface area contributed by atoms with E-state index in [1.54, 1.807) is 0 Å². The summed E-state index contributed by atoms with van der Waals surface area (Å²) >= 11 is 9.66. The molecular formula is C28H22Fe2OP2. The Labute approximate surface area is 210 Å². The van der Waals surface area contributed by atoms with Crippen LogP contribution < -0.4 is 32.2 Å². The molecule has 0 aliphatic carbocycles. The molecule has 166 valence electrons. The van der Waals surface area contributed by atoms with Gasteiger partial charge in [0.15, 0.2) is 0 Å². The van der Waals surface area contributed by atoms with Crippen molar-refractivity contribution in [3.63, 3.8) is 0 Å². The van der Waals surface area contributed by atoms with Crippen LogP contribution in [-0.2, 0) is 30.2 Å². The van der Waals surface area contributed by atoms with Gasteiger partial charge in [-0.15, -0.1) is 0 Å². The molecule has 0 radical (unpaired) electrons. The zero-order chi connectivity index (χ0) is 22.7. The van der Waals surface area contributed by atoms with Gasteiger partial charge in [0.1, 0.15) is 0 Å².